The zero-order valence-corrected chi connectivity index (χ0v) is 16.0. The third-order valence-electron chi connectivity index (χ3n) is 6.26. The van der Waals surface area contributed by atoms with Crippen LogP contribution < -0.4 is 0 Å². The number of pyridine rings is 1. The summed E-state index contributed by atoms with van der Waals surface area (Å²) in [6.07, 6.45) is 2.38. The quantitative estimate of drug-likeness (QED) is 0.894. The van der Waals surface area contributed by atoms with Crippen LogP contribution in [0.5, 0.6) is 0 Å². The van der Waals surface area contributed by atoms with Gasteiger partial charge in [0.2, 0.25) is 5.91 Å². The molecule has 1 amide bonds. The van der Waals surface area contributed by atoms with Crippen molar-refractivity contribution in [3.8, 4) is 0 Å². The molecule has 138 valence electrons. The molecule has 0 aromatic carbocycles. The summed E-state index contributed by atoms with van der Waals surface area (Å²) in [5.41, 5.74) is 1.75. The third kappa shape index (κ3) is 3.72. The van der Waals surface area contributed by atoms with E-state index >= 15 is 0 Å². The number of carbonyl (C=O) groups is 1. The van der Waals surface area contributed by atoms with Gasteiger partial charge < -0.3 is 10.0 Å². The number of nitrogens with zero attached hydrogens (tertiary/aromatic N) is 3. The maximum absolute atomic E-state index is 12.1. The van der Waals surface area contributed by atoms with E-state index in [1.165, 1.54) is 0 Å². The number of piperidine rings is 2. The van der Waals surface area contributed by atoms with Crippen LogP contribution in [-0.4, -0.2) is 57.1 Å². The first-order chi connectivity index (χ1) is 11.7. The number of amides is 1. The Morgan fingerprint density at radius 1 is 1.32 bits per heavy atom. The second-order valence-corrected chi connectivity index (χ2v) is 8.53. The Hall–Kier alpha value is -1.46. The van der Waals surface area contributed by atoms with E-state index in [9.17, 15) is 9.90 Å². The molecule has 2 aliphatic rings. The van der Waals surface area contributed by atoms with Gasteiger partial charge in [-0.05, 0) is 70.7 Å². The largest absolute Gasteiger partial charge is 0.391 e. The van der Waals surface area contributed by atoms with Gasteiger partial charge in [-0.3, -0.25) is 14.7 Å². The van der Waals surface area contributed by atoms with Crippen molar-refractivity contribution in [1.29, 1.82) is 0 Å². The lowest BCUT2D eigenvalue weighted by Gasteiger charge is -2.55. The van der Waals surface area contributed by atoms with Gasteiger partial charge in [-0.25, -0.2) is 0 Å². The van der Waals surface area contributed by atoms with Crippen molar-refractivity contribution in [1.82, 2.24) is 14.8 Å². The van der Waals surface area contributed by atoms with Crippen LogP contribution in [-0.2, 0) is 11.3 Å². The van der Waals surface area contributed by atoms with Crippen molar-refractivity contribution < 1.29 is 9.90 Å². The monoisotopic (exact) mass is 345 g/mol. The summed E-state index contributed by atoms with van der Waals surface area (Å²) in [6, 6.07) is 6.17. The van der Waals surface area contributed by atoms with Gasteiger partial charge in [-0.15, -0.1) is 0 Å². The Balaban J connectivity index is 1.65. The summed E-state index contributed by atoms with van der Waals surface area (Å²) in [7, 11) is 0. The van der Waals surface area contributed by atoms with E-state index in [0.717, 1.165) is 56.8 Å². The van der Waals surface area contributed by atoms with E-state index in [1.54, 1.807) is 6.92 Å². The van der Waals surface area contributed by atoms with E-state index in [2.05, 4.69) is 22.0 Å². The summed E-state index contributed by atoms with van der Waals surface area (Å²) in [6.45, 7) is 11.2. The number of aromatic nitrogens is 1. The summed E-state index contributed by atoms with van der Waals surface area (Å²) in [5.74, 6) is 0.0644. The standard InChI is InChI=1S/C20H31N3O2/c1-15-6-5-7-17(21-15)13-22-10-8-20(9-11-22)12-18(25)19(3,4)23(14-20)16(2)24/h5-7,18,25H,8-14H2,1-4H3. The van der Waals surface area contributed by atoms with Crippen LogP contribution in [0.3, 0.4) is 0 Å². The molecule has 5 nitrogen and oxygen atoms in total. The highest BCUT2D eigenvalue weighted by atomic mass is 16.3. The molecule has 1 N–H and O–H groups in total. The molecule has 25 heavy (non-hydrogen) atoms. The van der Waals surface area contributed by atoms with Crippen molar-refractivity contribution in [2.45, 2.75) is 65.1 Å². The lowest BCUT2D eigenvalue weighted by Crippen LogP contribution is -2.64. The molecule has 1 atom stereocenters. The SMILES string of the molecule is CC(=O)N1CC2(CCN(Cc3cccc(C)n3)CC2)CC(O)C1(C)C. The van der Waals surface area contributed by atoms with E-state index in [1.807, 2.05) is 31.7 Å². The van der Waals surface area contributed by atoms with Crippen molar-refractivity contribution in [2.24, 2.45) is 5.41 Å². The molecule has 0 radical (unpaired) electrons. The Morgan fingerprint density at radius 2 is 2.00 bits per heavy atom. The molecular formula is C20H31N3O2. The maximum atomic E-state index is 12.1. The molecule has 0 aliphatic carbocycles. The molecule has 0 saturated carbocycles. The fraction of sp³-hybridized carbons (Fsp3) is 0.700. The topological polar surface area (TPSA) is 56.7 Å². The summed E-state index contributed by atoms with van der Waals surface area (Å²) in [5, 5.41) is 10.7. The molecular weight excluding hydrogens is 314 g/mol. The second-order valence-electron chi connectivity index (χ2n) is 8.53. The number of rotatable bonds is 2. The Labute approximate surface area is 151 Å². The van der Waals surface area contributed by atoms with E-state index in [4.69, 9.17) is 0 Å². The van der Waals surface area contributed by atoms with E-state index in [0.29, 0.717) is 0 Å². The smallest absolute Gasteiger partial charge is 0.219 e. The molecule has 3 heterocycles. The first-order valence-electron chi connectivity index (χ1n) is 9.33. The number of likely N-dealkylation sites (tertiary alicyclic amines) is 2. The fourth-order valence-corrected chi connectivity index (χ4v) is 4.43. The number of aliphatic hydroxyl groups is 1. The van der Waals surface area contributed by atoms with Crippen molar-refractivity contribution in [3.05, 3.63) is 29.6 Å². The molecule has 1 aromatic heterocycles. The second kappa shape index (κ2) is 6.69. The van der Waals surface area contributed by atoms with Gasteiger partial charge in [0.25, 0.3) is 0 Å². The molecule has 5 heteroatoms. The Morgan fingerprint density at radius 3 is 2.60 bits per heavy atom. The fourth-order valence-electron chi connectivity index (χ4n) is 4.43. The predicted octanol–water partition coefficient (Wildman–Crippen LogP) is 2.36. The molecule has 3 rings (SSSR count). The average Bonchev–Trinajstić information content (AvgIpc) is 2.53. The third-order valence-corrected chi connectivity index (χ3v) is 6.26. The van der Waals surface area contributed by atoms with E-state index in [-0.39, 0.29) is 11.3 Å². The lowest BCUT2D eigenvalue weighted by molar-refractivity contribution is -0.157. The summed E-state index contributed by atoms with van der Waals surface area (Å²) >= 11 is 0. The number of aryl methyl sites for hydroxylation is 1. The van der Waals surface area contributed by atoms with Crippen LogP contribution in [0.2, 0.25) is 0 Å². The number of carbonyl (C=O) groups excluding carboxylic acids is 1. The highest BCUT2D eigenvalue weighted by molar-refractivity contribution is 5.74. The highest BCUT2D eigenvalue weighted by Crippen LogP contribution is 2.45. The molecule has 2 aliphatic heterocycles. The molecule has 2 fully saturated rings. The molecule has 1 aromatic rings. The first-order valence-corrected chi connectivity index (χ1v) is 9.33. The lowest BCUT2D eigenvalue weighted by atomic mass is 9.67. The highest BCUT2D eigenvalue weighted by Gasteiger charge is 2.50. The maximum Gasteiger partial charge on any atom is 0.219 e. The van der Waals surface area contributed by atoms with Crippen LogP contribution >= 0.6 is 0 Å². The predicted molar refractivity (Wildman–Crippen MR) is 98.0 cm³/mol. The zero-order chi connectivity index (χ0) is 18.2. The number of hydrogen-bond donors (Lipinski definition) is 1. The van der Waals surface area contributed by atoms with Gasteiger partial charge in [0.1, 0.15) is 0 Å². The van der Waals surface area contributed by atoms with E-state index < -0.39 is 11.6 Å². The van der Waals surface area contributed by atoms with Gasteiger partial charge in [0.15, 0.2) is 0 Å². The normalized spacial score (nSPS) is 26.0. The zero-order valence-electron chi connectivity index (χ0n) is 16.0. The van der Waals surface area contributed by atoms with Gasteiger partial charge in [0, 0.05) is 25.7 Å². The van der Waals surface area contributed by atoms with Gasteiger partial charge in [0.05, 0.1) is 17.3 Å². The van der Waals surface area contributed by atoms with Crippen LogP contribution in [0.15, 0.2) is 18.2 Å². The molecule has 2 saturated heterocycles. The van der Waals surface area contributed by atoms with Gasteiger partial charge in [-0.1, -0.05) is 6.07 Å². The first kappa shape index (κ1) is 18.3. The van der Waals surface area contributed by atoms with Crippen LogP contribution in [0.1, 0.15) is 51.4 Å². The number of hydrogen-bond acceptors (Lipinski definition) is 4. The molecule has 0 bridgehead atoms. The average molecular weight is 345 g/mol. The minimum atomic E-state index is -0.473. The van der Waals surface area contributed by atoms with Gasteiger partial charge >= 0.3 is 0 Å². The Kier molecular flexibility index (Phi) is 4.91. The van der Waals surface area contributed by atoms with Crippen molar-refractivity contribution >= 4 is 5.91 Å². The summed E-state index contributed by atoms with van der Waals surface area (Å²) < 4.78 is 0. The number of aliphatic hydroxyl groups excluding tert-OH is 1. The molecule has 1 unspecified atom stereocenters. The van der Waals surface area contributed by atoms with Crippen LogP contribution in [0.25, 0.3) is 0 Å². The molecule has 1 spiro atoms. The van der Waals surface area contributed by atoms with Gasteiger partial charge in [-0.2, -0.15) is 0 Å². The van der Waals surface area contributed by atoms with Crippen molar-refractivity contribution in [3.63, 3.8) is 0 Å². The van der Waals surface area contributed by atoms with Crippen LogP contribution in [0.4, 0.5) is 0 Å². The minimum Gasteiger partial charge on any atom is -0.391 e. The minimum absolute atomic E-state index is 0.0527. The van der Waals surface area contributed by atoms with Crippen LogP contribution in [0, 0.1) is 12.3 Å². The Bertz CT molecular complexity index is 636. The summed E-state index contributed by atoms with van der Waals surface area (Å²) in [4.78, 5) is 21.1. The van der Waals surface area contributed by atoms with Crippen molar-refractivity contribution in [2.75, 3.05) is 19.6 Å².